The Balaban J connectivity index is 2.50. The first kappa shape index (κ1) is 14.0. The molecule has 3 nitrogen and oxygen atoms in total. The number of aromatic nitrogens is 2. The molecule has 0 aliphatic heterocycles. The molecule has 102 valence electrons. The maximum Gasteiger partial charge on any atom is 0.416 e. The number of rotatable bonds is 3. The number of fused-ring (bicyclic) bond motifs is 1. The Bertz CT molecular complexity index is 599. The maximum absolute atomic E-state index is 12.6. The molecule has 0 unspecified atom stereocenters. The van der Waals surface area contributed by atoms with E-state index in [0.717, 1.165) is 12.1 Å². The molecule has 0 spiro atoms. The van der Waals surface area contributed by atoms with E-state index in [2.05, 4.69) is 15.3 Å². The van der Waals surface area contributed by atoms with Crippen LogP contribution >= 0.6 is 11.6 Å². The van der Waals surface area contributed by atoms with Gasteiger partial charge in [-0.15, -0.1) is 0 Å². The number of nitrogens with zero attached hydrogens (tertiary/aromatic N) is 2. The molecule has 1 aromatic carbocycles. The maximum atomic E-state index is 12.6. The summed E-state index contributed by atoms with van der Waals surface area (Å²) < 4.78 is 37.9. The number of hydrogen-bond acceptors (Lipinski definition) is 3. The summed E-state index contributed by atoms with van der Waals surface area (Å²) in [7, 11) is 1.77. The van der Waals surface area contributed by atoms with Crippen molar-refractivity contribution in [1.29, 1.82) is 0 Å². The smallest absolute Gasteiger partial charge is 0.319 e. The molecule has 0 aliphatic rings. The number of halogens is 4. The highest BCUT2D eigenvalue weighted by Gasteiger charge is 2.30. The fourth-order valence-corrected chi connectivity index (χ4v) is 1.92. The van der Waals surface area contributed by atoms with Crippen molar-refractivity contribution < 1.29 is 13.2 Å². The Morgan fingerprint density at radius 2 is 2.00 bits per heavy atom. The van der Waals surface area contributed by atoms with Gasteiger partial charge in [0, 0.05) is 18.4 Å². The second-order valence-corrected chi connectivity index (χ2v) is 4.37. The van der Waals surface area contributed by atoms with Crippen molar-refractivity contribution >= 4 is 22.5 Å². The summed E-state index contributed by atoms with van der Waals surface area (Å²) >= 11 is 5.95. The van der Waals surface area contributed by atoms with Gasteiger partial charge in [-0.1, -0.05) is 11.6 Å². The summed E-state index contributed by atoms with van der Waals surface area (Å²) in [6.07, 6.45) is -3.89. The fourth-order valence-electron chi connectivity index (χ4n) is 1.66. The van der Waals surface area contributed by atoms with Crippen molar-refractivity contribution in [1.82, 2.24) is 15.3 Å². The highest BCUT2D eigenvalue weighted by atomic mass is 35.5. The van der Waals surface area contributed by atoms with Crippen LogP contribution < -0.4 is 5.32 Å². The minimum Gasteiger partial charge on any atom is -0.319 e. The minimum absolute atomic E-state index is 0.171. The summed E-state index contributed by atoms with van der Waals surface area (Å²) in [6, 6.07) is 3.26. The van der Waals surface area contributed by atoms with Gasteiger partial charge in [-0.2, -0.15) is 13.2 Å². The average Bonchev–Trinajstić information content (AvgIpc) is 2.34. The highest BCUT2D eigenvalue weighted by molar-refractivity contribution is 6.34. The third kappa shape index (κ3) is 3.13. The Morgan fingerprint density at radius 1 is 1.26 bits per heavy atom. The van der Waals surface area contributed by atoms with Gasteiger partial charge >= 0.3 is 6.18 Å². The van der Waals surface area contributed by atoms with Crippen LogP contribution in [0.15, 0.2) is 18.2 Å². The van der Waals surface area contributed by atoms with Gasteiger partial charge in [0.15, 0.2) is 0 Å². The predicted molar refractivity (Wildman–Crippen MR) is 67.2 cm³/mol. The van der Waals surface area contributed by atoms with Gasteiger partial charge < -0.3 is 5.32 Å². The van der Waals surface area contributed by atoms with Crippen LogP contribution in [0.5, 0.6) is 0 Å². The van der Waals surface area contributed by atoms with Crippen molar-refractivity contribution in [3.05, 3.63) is 34.7 Å². The molecule has 0 bridgehead atoms. The summed E-state index contributed by atoms with van der Waals surface area (Å²) in [4.78, 5) is 8.18. The van der Waals surface area contributed by atoms with Crippen LogP contribution in [-0.2, 0) is 12.6 Å². The summed E-state index contributed by atoms with van der Waals surface area (Å²) in [5.74, 6) is 0.422. The molecule has 2 rings (SSSR count). The van der Waals surface area contributed by atoms with E-state index in [4.69, 9.17) is 11.6 Å². The van der Waals surface area contributed by atoms with Crippen molar-refractivity contribution in [2.45, 2.75) is 12.6 Å². The second kappa shape index (κ2) is 5.30. The molecule has 1 N–H and O–H groups in total. The lowest BCUT2D eigenvalue weighted by atomic mass is 10.1. The first-order valence-electron chi connectivity index (χ1n) is 5.60. The minimum atomic E-state index is -4.39. The van der Waals surface area contributed by atoms with E-state index in [1.807, 2.05) is 0 Å². The Kier molecular flexibility index (Phi) is 3.91. The fraction of sp³-hybridized carbons (Fsp3) is 0.333. The molecule has 0 fully saturated rings. The lowest BCUT2D eigenvalue weighted by Crippen LogP contribution is -2.12. The van der Waals surface area contributed by atoms with E-state index in [9.17, 15) is 13.2 Å². The Morgan fingerprint density at radius 3 is 2.63 bits per heavy atom. The Hall–Kier alpha value is -1.40. The van der Waals surface area contributed by atoms with Crippen LogP contribution in [0.25, 0.3) is 10.9 Å². The molecule has 0 radical (unpaired) electrons. The van der Waals surface area contributed by atoms with Crippen LogP contribution in [0.3, 0.4) is 0 Å². The number of likely N-dealkylation sites (N-methyl/N-ethyl adjacent to an activating group) is 1. The first-order chi connectivity index (χ1) is 8.91. The number of benzene rings is 1. The standard InChI is InChI=1S/C12H11ClF3N3/c1-17-5-4-10-18-9-6-7(12(14,15)16)2-3-8(9)11(13)19-10/h2-3,6,17H,4-5H2,1H3. The topological polar surface area (TPSA) is 37.8 Å². The molecule has 2 aromatic rings. The first-order valence-corrected chi connectivity index (χ1v) is 5.97. The van der Waals surface area contributed by atoms with Crippen LogP contribution in [0, 0.1) is 0 Å². The largest absolute Gasteiger partial charge is 0.416 e. The monoisotopic (exact) mass is 289 g/mol. The summed E-state index contributed by atoms with van der Waals surface area (Å²) in [6.45, 7) is 0.626. The normalized spacial score (nSPS) is 12.1. The molecule has 7 heteroatoms. The van der Waals surface area contributed by atoms with E-state index in [1.54, 1.807) is 7.05 Å². The molecular weight excluding hydrogens is 279 g/mol. The van der Waals surface area contributed by atoms with E-state index in [-0.39, 0.29) is 10.7 Å². The summed E-state index contributed by atoms with van der Waals surface area (Å²) in [5.41, 5.74) is -0.532. The second-order valence-electron chi connectivity index (χ2n) is 4.01. The highest BCUT2D eigenvalue weighted by Crippen LogP contribution is 2.32. The number of hydrogen-bond donors (Lipinski definition) is 1. The average molecular weight is 290 g/mol. The van der Waals surface area contributed by atoms with Crippen LogP contribution in [0.2, 0.25) is 5.15 Å². The van der Waals surface area contributed by atoms with Crippen molar-refractivity contribution in [2.75, 3.05) is 13.6 Å². The van der Waals surface area contributed by atoms with Gasteiger partial charge in [0.2, 0.25) is 0 Å². The zero-order chi connectivity index (χ0) is 14.0. The molecule has 1 aromatic heterocycles. The zero-order valence-corrected chi connectivity index (χ0v) is 10.8. The van der Waals surface area contributed by atoms with Gasteiger partial charge in [-0.05, 0) is 25.2 Å². The van der Waals surface area contributed by atoms with Crippen molar-refractivity contribution in [2.24, 2.45) is 0 Å². The van der Waals surface area contributed by atoms with E-state index < -0.39 is 11.7 Å². The summed E-state index contributed by atoms with van der Waals surface area (Å²) in [5, 5.41) is 3.51. The molecule has 0 atom stereocenters. The van der Waals surface area contributed by atoms with Gasteiger partial charge in [0.25, 0.3) is 0 Å². The lowest BCUT2D eigenvalue weighted by molar-refractivity contribution is -0.137. The number of alkyl halides is 3. The van der Waals surface area contributed by atoms with Gasteiger partial charge in [0.05, 0.1) is 11.1 Å². The molecule has 1 heterocycles. The van der Waals surface area contributed by atoms with Crippen LogP contribution in [0.4, 0.5) is 13.2 Å². The van der Waals surface area contributed by atoms with Gasteiger partial charge in [-0.3, -0.25) is 0 Å². The Labute approximate surface area is 112 Å². The van der Waals surface area contributed by atoms with Crippen molar-refractivity contribution in [3.63, 3.8) is 0 Å². The van der Waals surface area contributed by atoms with Gasteiger partial charge in [-0.25, -0.2) is 9.97 Å². The molecule has 0 aliphatic carbocycles. The third-order valence-corrected chi connectivity index (χ3v) is 2.91. The zero-order valence-electron chi connectivity index (χ0n) is 10.1. The van der Waals surface area contributed by atoms with Crippen molar-refractivity contribution in [3.8, 4) is 0 Å². The number of nitrogens with one attached hydrogen (secondary N) is 1. The molecule has 0 amide bonds. The van der Waals surface area contributed by atoms with E-state index in [0.29, 0.717) is 24.2 Å². The van der Waals surface area contributed by atoms with Gasteiger partial charge in [0.1, 0.15) is 11.0 Å². The molecule has 0 saturated carbocycles. The van der Waals surface area contributed by atoms with Crippen LogP contribution in [0.1, 0.15) is 11.4 Å². The van der Waals surface area contributed by atoms with Crippen LogP contribution in [-0.4, -0.2) is 23.6 Å². The third-order valence-electron chi connectivity index (χ3n) is 2.62. The molecule has 19 heavy (non-hydrogen) atoms. The quantitative estimate of drug-likeness (QED) is 0.883. The molecular formula is C12H11ClF3N3. The van der Waals surface area contributed by atoms with E-state index in [1.165, 1.54) is 6.07 Å². The SMILES string of the molecule is CNCCc1nc(Cl)c2ccc(C(F)(F)F)cc2n1. The molecule has 0 saturated heterocycles. The predicted octanol–water partition coefficient (Wildman–Crippen LogP) is 3.06. The van der Waals surface area contributed by atoms with E-state index >= 15 is 0 Å². The lowest BCUT2D eigenvalue weighted by Gasteiger charge is -2.09.